The summed E-state index contributed by atoms with van der Waals surface area (Å²) in [5, 5.41) is 25.8. The molecule has 31 heavy (non-hydrogen) atoms. The molecule has 0 spiro atoms. The fraction of sp³-hybridized carbons (Fsp3) is 0.348. The number of nitrogens with one attached hydrogen (secondary N) is 1. The van der Waals surface area contributed by atoms with E-state index in [1.165, 1.54) is 56.0 Å². The lowest BCUT2D eigenvalue weighted by Gasteiger charge is -2.17. The van der Waals surface area contributed by atoms with Gasteiger partial charge in [0.1, 0.15) is 5.69 Å². The molecule has 0 bridgehead atoms. The molecule has 0 aliphatic heterocycles. The van der Waals surface area contributed by atoms with E-state index in [1.54, 1.807) is 6.08 Å². The Hall–Kier alpha value is -3.55. The lowest BCUT2D eigenvalue weighted by Crippen LogP contribution is -2.02. The van der Waals surface area contributed by atoms with E-state index in [2.05, 4.69) is 29.6 Å². The lowest BCUT2D eigenvalue weighted by atomic mass is 9.89. The van der Waals surface area contributed by atoms with Crippen molar-refractivity contribution < 1.29 is 9.85 Å². The van der Waals surface area contributed by atoms with Gasteiger partial charge in [-0.1, -0.05) is 55.2 Å². The van der Waals surface area contributed by atoms with Crippen LogP contribution < -0.4 is 5.43 Å². The minimum Gasteiger partial charge on any atom is -0.272 e. The molecule has 8 nitrogen and oxygen atoms in total. The molecular formula is C23H28N4O4. The van der Waals surface area contributed by atoms with Crippen molar-refractivity contribution in [2.75, 3.05) is 5.43 Å². The third-order valence-electron chi connectivity index (χ3n) is 4.99. The Bertz CT molecular complexity index is 939. The van der Waals surface area contributed by atoms with Crippen molar-refractivity contribution in [2.24, 2.45) is 11.0 Å². The highest BCUT2D eigenvalue weighted by Gasteiger charge is 2.18. The maximum absolute atomic E-state index is 11.1. The van der Waals surface area contributed by atoms with E-state index in [4.69, 9.17) is 0 Å². The van der Waals surface area contributed by atoms with Gasteiger partial charge in [-0.15, -0.1) is 0 Å². The number of hydrogen-bond donors (Lipinski definition) is 1. The van der Waals surface area contributed by atoms with Crippen molar-refractivity contribution in [3.05, 3.63) is 86.0 Å². The molecule has 1 fully saturated rings. The summed E-state index contributed by atoms with van der Waals surface area (Å²) in [7, 11) is 0. The van der Waals surface area contributed by atoms with Gasteiger partial charge in [-0.2, -0.15) is 5.10 Å². The Morgan fingerprint density at radius 3 is 2.42 bits per heavy atom. The van der Waals surface area contributed by atoms with Gasteiger partial charge in [0.05, 0.1) is 15.9 Å². The number of rotatable bonds is 9. The zero-order chi connectivity index (χ0) is 22.6. The number of hydrogen-bond acceptors (Lipinski definition) is 6. The average molecular weight is 425 g/mol. The van der Waals surface area contributed by atoms with E-state index in [1.807, 2.05) is 25.2 Å². The maximum atomic E-state index is 11.1. The van der Waals surface area contributed by atoms with E-state index in [0.717, 1.165) is 11.6 Å². The van der Waals surface area contributed by atoms with Crippen LogP contribution in [0.3, 0.4) is 0 Å². The summed E-state index contributed by atoms with van der Waals surface area (Å²) in [6.45, 7) is 3.99. The second kappa shape index (κ2) is 12.2. The Labute approximate surface area is 182 Å². The van der Waals surface area contributed by atoms with Gasteiger partial charge in [0.2, 0.25) is 0 Å². The third kappa shape index (κ3) is 8.38. The Balaban J connectivity index is 1.90. The summed E-state index contributed by atoms with van der Waals surface area (Å²) in [6, 6.07) is 3.35. The van der Waals surface area contributed by atoms with Gasteiger partial charge in [0, 0.05) is 12.3 Å². The smallest absolute Gasteiger partial charge is 0.272 e. The van der Waals surface area contributed by atoms with Gasteiger partial charge in [0.15, 0.2) is 0 Å². The molecule has 1 saturated carbocycles. The van der Waals surface area contributed by atoms with Crippen LogP contribution in [0.25, 0.3) is 0 Å². The van der Waals surface area contributed by atoms with Gasteiger partial charge in [-0.25, -0.2) is 0 Å². The minimum atomic E-state index is -0.688. The first-order valence-corrected chi connectivity index (χ1v) is 10.3. The standard InChI is InChI=1S/C23H28N4O4/c1-18(11-12-20-9-4-3-5-10-20)7-6-8-19(2)15-16-24-25-22-14-13-21(26(28)29)17-23(22)27(30)31/h6-8,11-17,20,25H,3-5,9-10H2,1-2H3. The van der Waals surface area contributed by atoms with E-state index >= 15 is 0 Å². The van der Waals surface area contributed by atoms with Crippen molar-refractivity contribution in [1.82, 2.24) is 0 Å². The van der Waals surface area contributed by atoms with Crippen LogP contribution in [-0.4, -0.2) is 16.1 Å². The number of nitro groups is 2. The summed E-state index contributed by atoms with van der Waals surface area (Å²) in [4.78, 5) is 20.5. The Kier molecular flexibility index (Phi) is 9.35. The van der Waals surface area contributed by atoms with Crippen LogP contribution >= 0.6 is 0 Å². The first-order chi connectivity index (χ1) is 14.9. The molecular weight excluding hydrogens is 396 g/mol. The predicted octanol–water partition coefficient (Wildman–Crippen LogP) is 6.49. The molecule has 0 unspecified atom stereocenters. The van der Waals surface area contributed by atoms with Crippen molar-refractivity contribution in [1.29, 1.82) is 0 Å². The molecule has 0 aromatic heterocycles. The van der Waals surface area contributed by atoms with Gasteiger partial charge < -0.3 is 0 Å². The molecule has 0 heterocycles. The van der Waals surface area contributed by atoms with E-state index in [9.17, 15) is 20.2 Å². The lowest BCUT2D eigenvalue weighted by molar-refractivity contribution is -0.393. The fourth-order valence-electron chi connectivity index (χ4n) is 3.22. The monoisotopic (exact) mass is 424 g/mol. The van der Waals surface area contributed by atoms with Crippen molar-refractivity contribution in [2.45, 2.75) is 46.0 Å². The number of anilines is 1. The number of nitrogens with zero attached hydrogens (tertiary/aromatic N) is 3. The van der Waals surface area contributed by atoms with Crippen LogP contribution in [0, 0.1) is 26.1 Å². The molecule has 0 saturated heterocycles. The SMILES string of the molecule is CC(C=CC1CCCCC1)=CC=CC(C)=CC=NNc1ccc([N+](=O)[O-])cc1[N+](=O)[O-]. The molecule has 1 N–H and O–H groups in total. The molecule has 0 radical (unpaired) electrons. The molecule has 1 aromatic rings. The van der Waals surface area contributed by atoms with Crippen LogP contribution in [0.1, 0.15) is 46.0 Å². The van der Waals surface area contributed by atoms with Crippen molar-refractivity contribution in [3.63, 3.8) is 0 Å². The highest BCUT2D eigenvalue weighted by atomic mass is 16.6. The van der Waals surface area contributed by atoms with Crippen LogP contribution in [0.2, 0.25) is 0 Å². The number of allylic oxidation sites excluding steroid dienone is 8. The zero-order valence-corrected chi connectivity index (χ0v) is 17.9. The van der Waals surface area contributed by atoms with Gasteiger partial charge in [0.25, 0.3) is 5.69 Å². The summed E-state index contributed by atoms with van der Waals surface area (Å²) in [6.07, 6.45) is 20.3. The Morgan fingerprint density at radius 1 is 1.03 bits per heavy atom. The van der Waals surface area contributed by atoms with Crippen LogP contribution in [-0.2, 0) is 0 Å². The summed E-state index contributed by atoms with van der Waals surface area (Å²) in [5.74, 6) is 0.706. The Morgan fingerprint density at radius 2 is 1.74 bits per heavy atom. The maximum Gasteiger partial charge on any atom is 0.301 e. The van der Waals surface area contributed by atoms with E-state index in [0.29, 0.717) is 5.92 Å². The topological polar surface area (TPSA) is 111 Å². The molecule has 0 amide bonds. The van der Waals surface area contributed by atoms with Gasteiger partial charge in [-0.05, 0) is 50.3 Å². The molecule has 2 rings (SSSR count). The van der Waals surface area contributed by atoms with Gasteiger partial charge >= 0.3 is 5.69 Å². The largest absolute Gasteiger partial charge is 0.301 e. The van der Waals surface area contributed by atoms with Crippen molar-refractivity contribution in [3.8, 4) is 0 Å². The molecule has 164 valence electrons. The molecule has 8 heteroatoms. The summed E-state index contributed by atoms with van der Waals surface area (Å²) < 4.78 is 0. The van der Waals surface area contributed by atoms with E-state index < -0.39 is 15.5 Å². The van der Waals surface area contributed by atoms with Crippen molar-refractivity contribution >= 4 is 23.3 Å². The number of hydrazone groups is 1. The minimum absolute atomic E-state index is 0.0803. The molecule has 1 aromatic carbocycles. The second-order valence-corrected chi connectivity index (χ2v) is 7.54. The fourth-order valence-corrected chi connectivity index (χ4v) is 3.22. The number of benzene rings is 1. The predicted molar refractivity (Wildman–Crippen MR) is 124 cm³/mol. The van der Waals surface area contributed by atoms with Crippen LogP contribution in [0.15, 0.2) is 70.9 Å². The third-order valence-corrected chi connectivity index (χ3v) is 4.99. The van der Waals surface area contributed by atoms with Crippen LogP contribution in [0.5, 0.6) is 0 Å². The average Bonchev–Trinajstić information content (AvgIpc) is 2.75. The summed E-state index contributed by atoms with van der Waals surface area (Å²) in [5.41, 5.74) is 4.02. The number of nitro benzene ring substituents is 2. The normalized spacial score (nSPS) is 16.5. The zero-order valence-electron chi connectivity index (χ0n) is 17.9. The highest BCUT2D eigenvalue weighted by Crippen LogP contribution is 2.28. The molecule has 1 aliphatic carbocycles. The van der Waals surface area contributed by atoms with Crippen LogP contribution in [0.4, 0.5) is 17.1 Å². The highest BCUT2D eigenvalue weighted by molar-refractivity contribution is 5.75. The second-order valence-electron chi connectivity index (χ2n) is 7.54. The first kappa shape index (κ1) is 23.7. The van der Waals surface area contributed by atoms with E-state index in [-0.39, 0.29) is 11.4 Å². The quantitative estimate of drug-likeness (QED) is 0.211. The molecule has 0 atom stereocenters. The first-order valence-electron chi connectivity index (χ1n) is 10.3. The molecule has 1 aliphatic rings. The van der Waals surface area contributed by atoms with Gasteiger partial charge in [-0.3, -0.25) is 25.7 Å². The number of non-ortho nitro benzene ring substituents is 1. The summed E-state index contributed by atoms with van der Waals surface area (Å²) >= 11 is 0.